The molecule has 0 heterocycles. The Bertz CT molecular complexity index is 243. The molecule has 0 unspecified atom stereocenters. The molecule has 1 amide bonds. The van der Waals surface area contributed by atoms with Gasteiger partial charge in [-0.1, -0.05) is 20.8 Å². The summed E-state index contributed by atoms with van der Waals surface area (Å²) >= 11 is 0. The average molecular weight is 277 g/mol. The molecule has 0 atom stereocenters. The average Bonchev–Trinajstić information content (AvgIpc) is 2.19. The van der Waals surface area contributed by atoms with E-state index in [9.17, 15) is 4.79 Å². The first-order valence-corrected chi connectivity index (χ1v) is 6.92. The van der Waals surface area contributed by atoms with E-state index < -0.39 is 0 Å². The summed E-state index contributed by atoms with van der Waals surface area (Å²) in [5, 5.41) is 3.13. The lowest BCUT2D eigenvalue weighted by atomic mass is 9.89. The SMILES string of the molecule is CC(C)(C)CCCC(=O)NC1CCC(N)CC1.Cl. The Morgan fingerprint density at radius 2 is 1.78 bits per heavy atom. The van der Waals surface area contributed by atoms with E-state index in [0.717, 1.165) is 38.5 Å². The van der Waals surface area contributed by atoms with Crippen LogP contribution >= 0.6 is 12.4 Å². The van der Waals surface area contributed by atoms with Crippen LogP contribution in [0.3, 0.4) is 0 Å². The van der Waals surface area contributed by atoms with Crippen LogP contribution in [0.5, 0.6) is 0 Å². The summed E-state index contributed by atoms with van der Waals surface area (Å²) < 4.78 is 0. The van der Waals surface area contributed by atoms with E-state index in [4.69, 9.17) is 5.73 Å². The van der Waals surface area contributed by atoms with Crippen molar-refractivity contribution in [2.24, 2.45) is 11.1 Å². The standard InChI is InChI=1S/C14H28N2O.ClH/c1-14(2,3)10-4-5-13(17)16-12-8-6-11(15)7-9-12;/h11-12H,4-10,15H2,1-3H3,(H,16,17);1H. The van der Waals surface area contributed by atoms with Crippen LogP contribution in [-0.4, -0.2) is 18.0 Å². The van der Waals surface area contributed by atoms with Gasteiger partial charge in [-0.15, -0.1) is 12.4 Å². The van der Waals surface area contributed by atoms with Crippen molar-refractivity contribution in [2.45, 2.75) is 77.8 Å². The number of carbonyl (C=O) groups is 1. The first-order chi connectivity index (χ1) is 7.87. The van der Waals surface area contributed by atoms with Crippen molar-refractivity contribution in [3.05, 3.63) is 0 Å². The molecule has 0 aromatic heterocycles. The summed E-state index contributed by atoms with van der Waals surface area (Å²) in [5.74, 6) is 0.217. The number of amides is 1. The number of hydrogen-bond acceptors (Lipinski definition) is 2. The van der Waals surface area contributed by atoms with Crippen LogP contribution in [0.25, 0.3) is 0 Å². The lowest BCUT2D eigenvalue weighted by Gasteiger charge is -2.27. The summed E-state index contributed by atoms with van der Waals surface area (Å²) in [6, 6.07) is 0.723. The van der Waals surface area contributed by atoms with Gasteiger partial charge in [0.1, 0.15) is 0 Å². The molecule has 0 saturated heterocycles. The van der Waals surface area contributed by atoms with Crippen LogP contribution in [0.15, 0.2) is 0 Å². The van der Waals surface area contributed by atoms with Gasteiger partial charge >= 0.3 is 0 Å². The van der Waals surface area contributed by atoms with Crippen LogP contribution < -0.4 is 11.1 Å². The van der Waals surface area contributed by atoms with Gasteiger partial charge in [-0.2, -0.15) is 0 Å². The third-order valence-corrected chi connectivity index (χ3v) is 3.47. The normalized spacial score (nSPS) is 24.2. The fraction of sp³-hybridized carbons (Fsp3) is 0.929. The molecule has 0 spiro atoms. The lowest BCUT2D eigenvalue weighted by molar-refractivity contribution is -0.122. The molecule has 0 aromatic carbocycles. The minimum absolute atomic E-state index is 0. The Morgan fingerprint density at radius 3 is 2.28 bits per heavy atom. The maximum absolute atomic E-state index is 11.7. The van der Waals surface area contributed by atoms with Gasteiger partial charge in [0.05, 0.1) is 0 Å². The van der Waals surface area contributed by atoms with Crippen molar-refractivity contribution in [2.75, 3.05) is 0 Å². The van der Waals surface area contributed by atoms with E-state index in [1.54, 1.807) is 0 Å². The molecule has 1 saturated carbocycles. The minimum Gasteiger partial charge on any atom is -0.353 e. The summed E-state index contributed by atoms with van der Waals surface area (Å²) in [6.07, 6.45) is 6.95. The molecule has 108 valence electrons. The second kappa shape index (κ2) is 8.00. The Labute approximate surface area is 118 Å². The zero-order valence-corrected chi connectivity index (χ0v) is 12.8. The Morgan fingerprint density at radius 1 is 1.22 bits per heavy atom. The van der Waals surface area contributed by atoms with Gasteiger partial charge in [-0.25, -0.2) is 0 Å². The molecular formula is C14H29ClN2O. The molecule has 0 bridgehead atoms. The predicted octanol–water partition coefficient (Wildman–Crippen LogP) is 3.01. The van der Waals surface area contributed by atoms with E-state index in [-0.39, 0.29) is 18.3 Å². The summed E-state index contributed by atoms with van der Waals surface area (Å²) in [6.45, 7) is 6.65. The maximum atomic E-state index is 11.7. The highest BCUT2D eigenvalue weighted by Crippen LogP contribution is 2.22. The first-order valence-electron chi connectivity index (χ1n) is 6.92. The van der Waals surface area contributed by atoms with Gasteiger partial charge < -0.3 is 11.1 Å². The molecule has 1 fully saturated rings. The van der Waals surface area contributed by atoms with Crippen molar-refractivity contribution in [1.82, 2.24) is 5.32 Å². The molecule has 1 aliphatic carbocycles. The molecule has 3 nitrogen and oxygen atoms in total. The number of rotatable bonds is 4. The topological polar surface area (TPSA) is 55.1 Å². The molecule has 1 aliphatic rings. The van der Waals surface area contributed by atoms with Crippen molar-refractivity contribution >= 4 is 18.3 Å². The number of carbonyl (C=O) groups excluding carboxylic acids is 1. The zero-order valence-electron chi connectivity index (χ0n) is 12.0. The molecule has 1 rings (SSSR count). The van der Waals surface area contributed by atoms with E-state index in [0.29, 0.717) is 23.9 Å². The highest BCUT2D eigenvalue weighted by Gasteiger charge is 2.20. The quantitative estimate of drug-likeness (QED) is 0.829. The van der Waals surface area contributed by atoms with E-state index in [2.05, 4.69) is 26.1 Å². The fourth-order valence-electron chi connectivity index (χ4n) is 2.34. The van der Waals surface area contributed by atoms with Crippen LogP contribution in [0.2, 0.25) is 0 Å². The smallest absolute Gasteiger partial charge is 0.220 e. The molecule has 0 aromatic rings. The van der Waals surface area contributed by atoms with Crippen LogP contribution in [0, 0.1) is 5.41 Å². The summed E-state index contributed by atoms with van der Waals surface area (Å²) in [4.78, 5) is 11.7. The molecule has 18 heavy (non-hydrogen) atoms. The first kappa shape index (κ1) is 17.7. The third kappa shape index (κ3) is 7.93. The molecular weight excluding hydrogens is 248 g/mol. The number of nitrogens with one attached hydrogen (secondary N) is 1. The van der Waals surface area contributed by atoms with E-state index in [1.165, 1.54) is 0 Å². The number of hydrogen-bond donors (Lipinski definition) is 2. The fourth-order valence-corrected chi connectivity index (χ4v) is 2.34. The van der Waals surface area contributed by atoms with Gasteiger partial charge in [0.2, 0.25) is 5.91 Å². The largest absolute Gasteiger partial charge is 0.353 e. The van der Waals surface area contributed by atoms with Crippen LogP contribution in [0.1, 0.15) is 65.7 Å². The van der Waals surface area contributed by atoms with Crippen molar-refractivity contribution in [3.63, 3.8) is 0 Å². The Kier molecular flexibility index (Phi) is 7.88. The molecule has 3 N–H and O–H groups in total. The molecule has 4 heteroatoms. The van der Waals surface area contributed by atoms with Gasteiger partial charge in [0.15, 0.2) is 0 Å². The van der Waals surface area contributed by atoms with Crippen molar-refractivity contribution in [1.29, 1.82) is 0 Å². The zero-order chi connectivity index (χ0) is 12.9. The van der Waals surface area contributed by atoms with Crippen molar-refractivity contribution < 1.29 is 4.79 Å². The maximum Gasteiger partial charge on any atom is 0.220 e. The second-order valence-corrected chi connectivity index (χ2v) is 6.59. The van der Waals surface area contributed by atoms with Gasteiger partial charge in [-0.05, 0) is 43.9 Å². The van der Waals surface area contributed by atoms with E-state index >= 15 is 0 Å². The van der Waals surface area contributed by atoms with E-state index in [1.807, 2.05) is 0 Å². The van der Waals surface area contributed by atoms with Crippen LogP contribution in [-0.2, 0) is 4.79 Å². The molecule has 0 aliphatic heterocycles. The Hall–Kier alpha value is -0.280. The highest BCUT2D eigenvalue weighted by molar-refractivity contribution is 5.85. The van der Waals surface area contributed by atoms with Gasteiger partial charge in [0, 0.05) is 18.5 Å². The number of halogens is 1. The minimum atomic E-state index is 0. The number of nitrogens with two attached hydrogens (primary N) is 1. The monoisotopic (exact) mass is 276 g/mol. The molecule has 0 radical (unpaired) electrons. The lowest BCUT2D eigenvalue weighted by Crippen LogP contribution is -2.40. The summed E-state index contributed by atoms with van der Waals surface area (Å²) in [5.41, 5.74) is 6.17. The van der Waals surface area contributed by atoms with Gasteiger partial charge in [-0.3, -0.25) is 4.79 Å². The van der Waals surface area contributed by atoms with Crippen LogP contribution in [0.4, 0.5) is 0 Å². The van der Waals surface area contributed by atoms with Crippen molar-refractivity contribution in [3.8, 4) is 0 Å². The van der Waals surface area contributed by atoms with Gasteiger partial charge in [0.25, 0.3) is 0 Å². The Balaban J connectivity index is 0.00000289. The predicted molar refractivity (Wildman–Crippen MR) is 78.9 cm³/mol. The highest BCUT2D eigenvalue weighted by atomic mass is 35.5. The third-order valence-electron chi connectivity index (χ3n) is 3.47. The summed E-state index contributed by atoms with van der Waals surface area (Å²) in [7, 11) is 0. The second-order valence-electron chi connectivity index (χ2n) is 6.59.